The molecule has 0 aliphatic heterocycles. The van der Waals surface area contributed by atoms with Gasteiger partial charge in [-0.2, -0.15) is 0 Å². The van der Waals surface area contributed by atoms with Gasteiger partial charge < -0.3 is 4.57 Å². The van der Waals surface area contributed by atoms with E-state index in [0.29, 0.717) is 0 Å². The largest absolute Gasteiger partial charge is 0.309 e. The fraction of sp³-hybridized carbons (Fsp3) is 0.0169. The molecule has 1 aliphatic rings. The Kier molecular flexibility index (Phi) is 7.31. The van der Waals surface area contributed by atoms with Crippen molar-refractivity contribution in [1.29, 1.82) is 0 Å². The molecular weight excluding hydrogens is 797 g/mol. The second kappa shape index (κ2) is 13.2. The van der Waals surface area contributed by atoms with Crippen LogP contribution in [0.25, 0.3) is 137 Å². The van der Waals surface area contributed by atoms with E-state index < -0.39 is 0 Å². The van der Waals surface area contributed by atoms with Crippen molar-refractivity contribution in [3.63, 3.8) is 0 Å². The van der Waals surface area contributed by atoms with Crippen molar-refractivity contribution < 1.29 is 0 Å². The molecule has 5 heteroatoms. The highest BCUT2D eigenvalue weighted by atomic mass is 32.1. The van der Waals surface area contributed by atoms with Crippen molar-refractivity contribution >= 4 is 92.1 Å². The molecule has 0 N–H and O–H groups in total. The summed E-state index contributed by atoms with van der Waals surface area (Å²) in [6.07, 6.45) is 2.02. The van der Waals surface area contributed by atoms with E-state index in [1.54, 1.807) is 0 Å². The fourth-order valence-electron chi connectivity index (χ4n) is 11.0. The molecule has 13 aromatic rings. The Hall–Kier alpha value is -8.12. The molecule has 0 fully saturated rings. The number of fused-ring (bicyclic) bond motifs is 15. The molecule has 4 aromatic heterocycles. The lowest BCUT2D eigenvalue weighted by Gasteiger charge is -2.18. The predicted molar refractivity (Wildman–Crippen MR) is 271 cm³/mol. The van der Waals surface area contributed by atoms with Crippen LogP contribution in [0.3, 0.4) is 0 Å². The van der Waals surface area contributed by atoms with Crippen LogP contribution in [0, 0.1) is 6.92 Å². The van der Waals surface area contributed by atoms with Crippen LogP contribution in [0.1, 0.15) is 11.3 Å². The zero-order valence-corrected chi connectivity index (χ0v) is 35.6. The molecule has 4 heterocycles. The number of hydrogen-bond donors (Lipinski definition) is 0. The first-order valence-electron chi connectivity index (χ1n) is 21.8. The van der Waals surface area contributed by atoms with Crippen molar-refractivity contribution in [3.8, 4) is 56.1 Å². The minimum absolute atomic E-state index is 0.806. The summed E-state index contributed by atoms with van der Waals surface area (Å²) in [7, 11) is 0. The first-order valence-corrected chi connectivity index (χ1v) is 22.6. The summed E-state index contributed by atoms with van der Waals surface area (Å²) in [5.74, 6) is 0.806. The molecule has 4 nitrogen and oxygen atoms in total. The average molecular weight is 833 g/mol. The number of nitrogens with zero attached hydrogens (tertiary/aromatic N) is 4. The van der Waals surface area contributed by atoms with E-state index in [1.165, 1.54) is 69.7 Å². The monoisotopic (exact) mass is 832 g/mol. The molecule has 0 unspecified atom stereocenters. The van der Waals surface area contributed by atoms with Gasteiger partial charge in [0.25, 0.3) is 0 Å². The zero-order valence-electron chi connectivity index (χ0n) is 34.8. The van der Waals surface area contributed by atoms with E-state index in [2.05, 4.69) is 205 Å². The highest BCUT2D eigenvalue weighted by Crippen LogP contribution is 2.56. The standard InChI is InChI=1S/C59H36N4S/c1-3-35-18-15-26-41-39-22-9-10-24-42(39)54-53-44-25-11-13-29-47(44)63(37-19-5-4-6-20-37)48(53)33-49-55(54)51(52(35)41)34(2)62(49)59-57(61-56-38-21-8-7-17-36(38)31-32-46(56)60-59)45-28-16-27-43-40-23-12-14-30-50(40)64-58(43)45/h3-33H,1H2,2H3. The lowest BCUT2D eigenvalue weighted by atomic mass is 9.90. The molecule has 0 bridgehead atoms. The van der Waals surface area contributed by atoms with Crippen LogP contribution in [-0.2, 0) is 0 Å². The second-order valence-electron chi connectivity index (χ2n) is 16.9. The van der Waals surface area contributed by atoms with Gasteiger partial charge in [-0.1, -0.05) is 158 Å². The Morgan fingerprint density at radius 3 is 2.06 bits per heavy atom. The molecule has 1 aliphatic carbocycles. The third kappa shape index (κ3) is 4.71. The molecule has 64 heavy (non-hydrogen) atoms. The van der Waals surface area contributed by atoms with Gasteiger partial charge in [0, 0.05) is 69.8 Å². The third-order valence-electron chi connectivity index (χ3n) is 13.6. The van der Waals surface area contributed by atoms with E-state index in [0.717, 1.165) is 72.4 Å². The molecule has 298 valence electrons. The minimum Gasteiger partial charge on any atom is -0.309 e. The summed E-state index contributed by atoms with van der Waals surface area (Å²) in [6.45, 7) is 6.68. The molecule has 14 rings (SSSR count). The van der Waals surface area contributed by atoms with E-state index in [9.17, 15) is 0 Å². The van der Waals surface area contributed by atoms with Crippen molar-refractivity contribution in [2.75, 3.05) is 0 Å². The maximum Gasteiger partial charge on any atom is 0.164 e. The van der Waals surface area contributed by atoms with Gasteiger partial charge in [-0.05, 0) is 76.5 Å². The van der Waals surface area contributed by atoms with Gasteiger partial charge in [-0.3, -0.25) is 4.57 Å². The zero-order chi connectivity index (χ0) is 42.2. The summed E-state index contributed by atoms with van der Waals surface area (Å²) < 4.78 is 7.33. The van der Waals surface area contributed by atoms with Gasteiger partial charge >= 0.3 is 0 Å². The predicted octanol–water partition coefficient (Wildman–Crippen LogP) is 16.1. The molecule has 0 saturated heterocycles. The summed E-state index contributed by atoms with van der Waals surface area (Å²) in [5.41, 5.74) is 17.6. The van der Waals surface area contributed by atoms with Crippen LogP contribution in [-0.4, -0.2) is 19.1 Å². The van der Waals surface area contributed by atoms with Gasteiger partial charge in [0.05, 0.1) is 27.6 Å². The van der Waals surface area contributed by atoms with E-state index in [4.69, 9.17) is 9.97 Å². The number of para-hydroxylation sites is 2. The molecule has 0 saturated carbocycles. The Bertz CT molecular complexity index is 4170. The first-order chi connectivity index (χ1) is 31.7. The highest BCUT2D eigenvalue weighted by molar-refractivity contribution is 7.26. The Labute approximate surface area is 372 Å². The number of benzene rings is 9. The van der Waals surface area contributed by atoms with Crippen LogP contribution in [0.4, 0.5) is 0 Å². The highest BCUT2D eigenvalue weighted by Gasteiger charge is 2.33. The van der Waals surface area contributed by atoms with Crippen LogP contribution in [0.5, 0.6) is 0 Å². The van der Waals surface area contributed by atoms with Crippen LogP contribution in [0.2, 0.25) is 0 Å². The summed E-state index contributed by atoms with van der Waals surface area (Å²) in [4.78, 5) is 11.6. The van der Waals surface area contributed by atoms with Crippen LogP contribution in [0.15, 0.2) is 189 Å². The maximum atomic E-state index is 5.79. The SMILES string of the molecule is C=Cc1cccc2c1-c1c(C)n(-c3nc4ccc5ccccc5c4nc3-c3cccc4c3sc3ccccc34)c3cc4c(c(c13)-c1ccccc1-2)c1ccccc1n4-c1ccccc1. The fourth-order valence-corrected chi connectivity index (χ4v) is 12.2. The summed E-state index contributed by atoms with van der Waals surface area (Å²) in [6, 6.07) is 66.0. The molecule has 0 spiro atoms. The first kappa shape index (κ1) is 35.5. The van der Waals surface area contributed by atoms with Crippen LogP contribution >= 0.6 is 11.3 Å². The minimum atomic E-state index is 0.806. The van der Waals surface area contributed by atoms with Gasteiger partial charge in [0.2, 0.25) is 0 Å². The van der Waals surface area contributed by atoms with E-state index in [1.807, 2.05) is 17.4 Å². The average Bonchev–Trinajstić information content (AvgIpc) is 3.96. The van der Waals surface area contributed by atoms with E-state index in [-0.39, 0.29) is 0 Å². The van der Waals surface area contributed by atoms with E-state index >= 15 is 0 Å². The van der Waals surface area contributed by atoms with Crippen molar-refractivity contribution in [2.45, 2.75) is 6.92 Å². The normalized spacial score (nSPS) is 12.2. The third-order valence-corrected chi connectivity index (χ3v) is 14.8. The van der Waals surface area contributed by atoms with Gasteiger partial charge in [0.15, 0.2) is 5.82 Å². The Morgan fingerprint density at radius 2 is 1.19 bits per heavy atom. The molecule has 0 atom stereocenters. The van der Waals surface area contributed by atoms with Gasteiger partial charge in [0.1, 0.15) is 5.69 Å². The molecule has 9 aromatic carbocycles. The number of aromatic nitrogens is 4. The number of thiophene rings is 1. The summed E-state index contributed by atoms with van der Waals surface area (Å²) in [5, 5.41) is 8.36. The number of hydrogen-bond acceptors (Lipinski definition) is 3. The molecule has 0 amide bonds. The van der Waals surface area contributed by atoms with Crippen LogP contribution < -0.4 is 0 Å². The van der Waals surface area contributed by atoms with Crippen molar-refractivity contribution in [2.24, 2.45) is 0 Å². The summed E-state index contributed by atoms with van der Waals surface area (Å²) >= 11 is 1.83. The molecule has 0 radical (unpaired) electrons. The molecular formula is C59H36N4S. The lowest BCUT2D eigenvalue weighted by Crippen LogP contribution is -2.06. The van der Waals surface area contributed by atoms with Crippen molar-refractivity contribution in [3.05, 3.63) is 200 Å². The second-order valence-corrected chi connectivity index (χ2v) is 17.9. The van der Waals surface area contributed by atoms with Gasteiger partial charge in [-0.15, -0.1) is 11.3 Å². The number of rotatable bonds is 4. The topological polar surface area (TPSA) is 35.6 Å². The maximum absolute atomic E-state index is 5.79. The quantitative estimate of drug-likeness (QED) is 0.166. The van der Waals surface area contributed by atoms with Crippen molar-refractivity contribution in [1.82, 2.24) is 19.1 Å². The lowest BCUT2D eigenvalue weighted by molar-refractivity contribution is 0.997. The van der Waals surface area contributed by atoms with Gasteiger partial charge in [-0.25, -0.2) is 9.97 Å². The Morgan fingerprint density at radius 1 is 0.500 bits per heavy atom. The smallest absolute Gasteiger partial charge is 0.164 e. The Balaban J connectivity index is 1.23.